The molecule has 1 N–H and O–H groups in total. The molecule has 3 heterocycles. The molecule has 2 aliphatic rings. The van der Waals surface area contributed by atoms with Gasteiger partial charge >= 0.3 is 0 Å². The third-order valence-corrected chi connectivity index (χ3v) is 5.33. The highest BCUT2D eigenvalue weighted by atomic mass is 32.2. The molecule has 1 aromatic heterocycles. The van der Waals surface area contributed by atoms with Crippen LogP contribution in [0.15, 0.2) is 17.6 Å². The molecule has 2 fully saturated rings. The molecule has 6 nitrogen and oxygen atoms in total. The Morgan fingerprint density at radius 3 is 2.52 bits per heavy atom. The van der Waals surface area contributed by atoms with Crippen molar-refractivity contribution in [3.8, 4) is 0 Å². The van der Waals surface area contributed by atoms with E-state index in [1.54, 1.807) is 12.4 Å². The Kier molecular flexibility index (Phi) is 5.50. The molecule has 0 spiro atoms. The van der Waals surface area contributed by atoms with Crippen LogP contribution in [0.4, 0.5) is 0 Å². The largest absolute Gasteiger partial charge is 0.392 e. The lowest BCUT2D eigenvalue weighted by Gasteiger charge is -2.41. The van der Waals surface area contributed by atoms with Gasteiger partial charge in [0.05, 0.1) is 11.7 Å². The molecule has 2 saturated heterocycles. The molecule has 1 aromatic rings. The van der Waals surface area contributed by atoms with Gasteiger partial charge < -0.3 is 10.0 Å². The van der Waals surface area contributed by atoms with Gasteiger partial charge in [0.2, 0.25) is 0 Å². The van der Waals surface area contributed by atoms with Gasteiger partial charge in [0, 0.05) is 38.1 Å². The summed E-state index contributed by atoms with van der Waals surface area (Å²) in [6, 6.07) is 0.490. The summed E-state index contributed by atoms with van der Waals surface area (Å²) in [6.07, 6.45) is 8.90. The van der Waals surface area contributed by atoms with Crippen LogP contribution in [0.1, 0.15) is 36.0 Å². The zero-order chi connectivity index (χ0) is 16.2. The van der Waals surface area contributed by atoms with E-state index in [-0.39, 0.29) is 12.0 Å². The van der Waals surface area contributed by atoms with Gasteiger partial charge in [-0.2, -0.15) is 0 Å². The normalized spacial score (nSPS) is 23.9. The van der Waals surface area contributed by atoms with Crippen molar-refractivity contribution in [1.82, 2.24) is 19.8 Å². The molecule has 0 saturated carbocycles. The summed E-state index contributed by atoms with van der Waals surface area (Å²) in [7, 11) is 0. The number of nitrogens with zero attached hydrogens (tertiary/aromatic N) is 4. The summed E-state index contributed by atoms with van der Waals surface area (Å²) in [5.41, 5.74) is 0.564. The summed E-state index contributed by atoms with van der Waals surface area (Å²) in [5, 5.41) is 10.5. The van der Waals surface area contributed by atoms with Gasteiger partial charge in [0.1, 0.15) is 0 Å². The zero-order valence-corrected chi connectivity index (χ0v) is 14.3. The number of amides is 1. The zero-order valence-electron chi connectivity index (χ0n) is 13.5. The maximum absolute atomic E-state index is 12.5. The third-order valence-electron chi connectivity index (χ3n) is 4.75. The molecule has 1 amide bonds. The second-order valence-corrected chi connectivity index (χ2v) is 7.05. The average Bonchev–Trinajstić information content (AvgIpc) is 2.61. The van der Waals surface area contributed by atoms with Gasteiger partial charge in [0.25, 0.3) is 5.91 Å². The van der Waals surface area contributed by atoms with Crippen molar-refractivity contribution in [2.75, 3.05) is 32.4 Å². The summed E-state index contributed by atoms with van der Waals surface area (Å²) < 4.78 is 0. The van der Waals surface area contributed by atoms with Crippen LogP contribution in [0.5, 0.6) is 0 Å². The number of aliphatic hydroxyl groups excluding tert-OH is 1. The topological polar surface area (TPSA) is 69.6 Å². The van der Waals surface area contributed by atoms with Crippen LogP contribution >= 0.6 is 11.8 Å². The number of thioether (sulfide) groups is 1. The lowest BCUT2D eigenvalue weighted by atomic mass is 9.98. The molecule has 0 bridgehead atoms. The van der Waals surface area contributed by atoms with E-state index in [4.69, 9.17) is 0 Å². The number of carbonyl (C=O) groups is 1. The van der Waals surface area contributed by atoms with Crippen LogP contribution in [0, 0.1) is 0 Å². The minimum atomic E-state index is -0.185. The average molecular weight is 336 g/mol. The highest BCUT2D eigenvalue weighted by Gasteiger charge is 2.30. The van der Waals surface area contributed by atoms with E-state index in [0.717, 1.165) is 51.9 Å². The van der Waals surface area contributed by atoms with Crippen molar-refractivity contribution in [2.24, 2.45) is 0 Å². The van der Waals surface area contributed by atoms with Crippen LogP contribution in [0.25, 0.3) is 0 Å². The predicted octanol–water partition coefficient (Wildman–Crippen LogP) is 1.26. The van der Waals surface area contributed by atoms with Crippen LogP contribution in [0.3, 0.4) is 0 Å². The molecule has 23 heavy (non-hydrogen) atoms. The fraction of sp³-hybridized carbons (Fsp3) is 0.688. The fourth-order valence-electron chi connectivity index (χ4n) is 3.46. The molecule has 126 valence electrons. The van der Waals surface area contributed by atoms with Gasteiger partial charge in [-0.05, 0) is 38.5 Å². The number of rotatable bonds is 3. The summed E-state index contributed by atoms with van der Waals surface area (Å²) in [4.78, 5) is 25.2. The predicted molar refractivity (Wildman–Crippen MR) is 89.6 cm³/mol. The number of carbonyl (C=O) groups excluding carboxylic acids is 1. The third kappa shape index (κ3) is 4.02. The van der Waals surface area contributed by atoms with E-state index in [1.165, 1.54) is 11.8 Å². The number of hydrogen-bond donors (Lipinski definition) is 1. The van der Waals surface area contributed by atoms with Gasteiger partial charge in [-0.3, -0.25) is 9.69 Å². The summed E-state index contributed by atoms with van der Waals surface area (Å²) in [5.74, 6) is 0.0229. The van der Waals surface area contributed by atoms with Crippen molar-refractivity contribution in [3.63, 3.8) is 0 Å². The van der Waals surface area contributed by atoms with Crippen molar-refractivity contribution in [2.45, 2.75) is 43.0 Å². The molecule has 1 atom stereocenters. The van der Waals surface area contributed by atoms with Crippen molar-refractivity contribution in [3.05, 3.63) is 18.0 Å². The number of aromatic nitrogens is 2. The number of piperidine rings is 2. The molecule has 0 aromatic carbocycles. The minimum Gasteiger partial charge on any atom is -0.392 e. The first-order valence-corrected chi connectivity index (χ1v) is 9.47. The quantitative estimate of drug-likeness (QED) is 0.662. The molecule has 3 rings (SSSR count). The second-order valence-electron chi connectivity index (χ2n) is 6.27. The van der Waals surface area contributed by atoms with Gasteiger partial charge in [-0.1, -0.05) is 11.8 Å². The lowest BCUT2D eigenvalue weighted by Crippen LogP contribution is -2.50. The van der Waals surface area contributed by atoms with E-state index in [9.17, 15) is 9.90 Å². The fourth-order valence-corrected chi connectivity index (χ4v) is 3.78. The smallest absolute Gasteiger partial charge is 0.256 e. The van der Waals surface area contributed by atoms with Crippen molar-refractivity contribution < 1.29 is 9.90 Å². The Bertz CT molecular complexity index is 531. The molecular weight excluding hydrogens is 312 g/mol. The van der Waals surface area contributed by atoms with E-state index >= 15 is 0 Å². The monoisotopic (exact) mass is 336 g/mol. The number of hydrogen-bond acceptors (Lipinski definition) is 6. The number of aliphatic hydroxyl groups is 1. The second kappa shape index (κ2) is 7.59. The van der Waals surface area contributed by atoms with E-state index in [2.05, 4.69) is 14.9 Å². The Hall–Kier alpha value is -1.18. The minimum absolute atomic E-state index is 0.0229. The molecule has 7 heteroatoms. The molecule has 0 aliphatic carbocycles. The maximum atomic E-state index is 12.5. The van der Waals surface area contributed by atoms with E-state index in [0.29, 0.717) is 16.8 Å². The summed E-state index contributed by atoms with van der Waals surface area (Å²) >= 11 is 1.47. The van der Waals surface area contributed by atoms with Crippen LogP contribution in [0.2, 0.25) is 0 Å². The Balaban J connectivity index is 1.54. The van der Waals surface area contributed by atoms with Crippen molar-refractivity contribution >= 4 is 17.7 Å². The SMILES string of the molecule is CSc1ncc(C(=O)N2CCC(N3CCC[C@@H](O)C3)CC2)cn1. The van der Waals surface area contributed by atoms with Gasteiger partial charge in [0.15, 0.2) is 5.16 Å². The first-order valence-electron chi connectivity index (χ1n) is 8.25. The molecule has 2 aliphatic heterocycles. The van der Waals surface area contributed by atoms with Crippen LogP contribution in [-0.4, -0.2) is 75.4 Å². The Morgan fingerprint density at radius 2 is 1.91 bits per heavy atom. The molecule has 0 radical (unpaired) electrons. The van der Waals surface area contributed by atoms with Gasteiger partial charge in [-0.15, -0.1) is 0 Å². The lowest BCUT2D eigenvalue weighted by molar-refractivity contribution is 0.0240. The Morgan fingerprint density at radius 1 is 1.22 bits per heavy atom. The first kappa shape index (κ1) is 16.7. The van der Waals surface area contributed by atoms with E-state index < -0.39 is 0 Å². The number of likely N-dealkylation sites (tertiary alicyclic amines) is 2. The molecule has 0 unspecified atom stereocenters. The highest BCUT2D eigenvalue weighted by molar-refractivity contribution is 7.98. The van der Waals surface area contributed by atoms with E-state index in [1.807, 2.05) is 11.2 Å². The number of β-amino-alcohol motifs (C(OH)–C–C–N with tert-alkyl or cyclic N) is 1. The maximum Gasteiger partial charge on any atom is 0.256 e. The first-order chi connectivity index (χ1) is 11.2. The van der Waals surface area contributed by atoms with Gasteiger partial charge in [-0.25, -0.2) is 9.97 Å². The summed E-state index contributed by atoms with van der Waals surface area (Å²) in [6.45, 7) is 3.38. The highest BCUT2D eigenvalue weighted by Crippen LogP contribution is 2.22. The van der Waals surface area contributed by atoms with Crippen molar-refractivity contribution in [1.29, 1.82) is 0 Å². The van der Waals surface area contributed by atoms with Crippen LogP contribution < -0.4 is 0 Å². The Labute approximate surface area is 141 Å². The molecular formula is C16H24N4O2S. The standard InChI is InChI=1S/C16H24N4O2S/c1-23-16-17-9-12(10-18-16)15(22)19-7-4-13(5-8-19)20-6-2-3-14(21)11-20/h9-10,13-14,21H,2-8,11H2,1H3/t14-/m1/s1. The van der Waals surface area contributed by atoms with Crippen LogP contribution in [-0.2, 0) is 0 Å².